The quantitative estimate of drug-likeness (QED) is 0.632. The van der Waals surface area contributed by atoms with Crippen LogP contribution in [0.5, 0.6) is 0 Å². The van der Waals surface area contributed by atoms with E-state index in [2.05, 4.69) is 19.8 Å². The van der Waals surface area contributed by atoms with Gasteiger partial charge in [-0.15, -0.1) is 15.3 Å². The van der Waals surface area contributed by atoms with Gasteiger partial charge in [0.15, 0.2) is 5.69 Å². The molecule has 6 heteroatoms. The third kappa shape index (κ3) is 1.01. The highest BCUT2D eigenvalue weighted by atomic mass is 32.1. The molecule has 0 N–H and O–H groups in total. The standard InChI is InChI=1S/C5H4N4OS/c1-3-4(7-9-11-3)5-8-6-2-10-5/h2H,1H3. The van der Waals surface area contributed by atoms with Crippen molar-refractivity contribution >= 4 is 11.5 Å². The second-order valence-electron chi connectivity index (χ2n) is 1.92. The first kappa shape index (κ1) is 6.41. The minimum absolute atomic E-state index is 0.427. The van der Waals surface area contributed by atoms with Crippen LogP contribution in [0.4, 0.5) is 0 Å². The van der Waals surface area contributed by atoms with Crippen LogP contribution in [0, 0.1) is 6.92 Å². The van der Waals surface area contributed by atoms with Crippen molar-refractivity contribution in [3.63, 3.8) is 0 Å². The van der Waals surface area contributed by atoms with Crippen LogP contribution in [-0.2, 0) is 0 Å². The van der Waals surface area contributed by atoms with Gasteiger partial charge in [0.05, 0.1) is 4.88 Å². The lowest BCUT2D eigenvalue weighted by molar-refractivity contribution is 0.566. The summed E-state index contributed by atoms with van der Waals surface area (Å²) >= 11 is 1.31. The number of hydrogen-bond donors (Lipinski definition) is 0. The maximum absolute atomic E-state index is 4.94. The second-order valence-corrected chi connectivity index (χ2v) is 2.88. The van der Waals surface area contributed by atoms with Crippen molar-refractivity contribution in [2.45, 2.75) is 6.92 Å². The summed E-state index contributed by atoms with van der Waals surface area (Å²) < 4.78 is 8.68. The van der Waals surface area contributed by atoms with Crippen molar-refractivity contribution in [3.05, 3.63) is 11.3 Å². The Bertz CT molecular complexity index is 341. The van der Waals surface area contributed by atoms with Crippen LogP contribution in [0.25, 0.3) is 11.6 Å². The average molecular weight is 168 g/mol. The molecule has 11 heavy (non-hydrogen) atoms. The number of hydrogen-bond acceptors (Lipinski definition) is 6. The minimum Gasteiger partial charge on any atom is -0.422 e. The zero-order chi connectivity index (χ0) is 7.68. The van der Waals surface area contributed by atoms with Gasteiger partial charge in [0, 0.05) is 0 Å². The van der Waals surface area contributed by atoms with Gasteiger partial charge in [-0.05, 0) is 18.5 Å². The molecule has 0 saturated carbocycles. The van der Waals surface area contributed by atoms with E-state index in [1.165, 1.54) is 17.9 Å². The minimum atomic E-state index is 0.427. The van der Waals surface area contributed by atoms with Crippen LogP contribution in [0.2, 0.25) is 0 Å². The van der Waals surface area contributed by atoms with Crippen LogP contribution >= 0.6 is 11.5 Å². The molecule has 0 aliphatic carbocycles. The molecule has 0 bridgehead atoms. The molecule has 2 aromatic rings. The van der Waals surface area contributed by atoms with E-state index >= 15 is 0 Å². The van der Waals surface area contributed by atoms with Gasteiger partial charge in [-0.25, -0.2) is 0 Å². The van der Waals surface area contributed by atoms with Gasteiger partial charge in [0.25, 0.3) is 5.89 Å². The molecule has 0 atom stereocenters. The largest absolute Gasteiger partial charge is 0.422 e. The van der Waals surface area contributed by atoms with Gasteiger partial charge in [0.1, 0.15) is 0 Å². The van der Waals surface area contributed by atoms with Gasteiger partial charge < -0.3 is 4.42 Å². The fraction of sp³-hybridized carbons (Fsp3) is 0.200. The van der Waals surface area contributed by atoms with Gasteiger partial charge in [-0.1, -0.05) is 4.49 Å². The lowest BCUT2D eigenvalue weighted by atomic mass is 10.4. The maximum Gasteiger partial charge on any atom is 0.269 e. The Morgan fingerprint density at radius 3 is 2.91 bits per heavy atom. The monoisotopic (exact) mass is 168 g/mol. The molecule has 0 aliphatic heterocycles. The van der Waals surface area contributed by atoms with E-state index in [4.69, 9.17) is 4.42 Å². The second kappa shape index (κ2) is 2.39. The Balaban J connectivity index is 2.53. The van der Waals surface area contributed by atoms with E-state index in [9.17, 15) is 0 Å². The van der Waals surface area contributed by atoms with Crippen molar-refractivity contribution < 1.29 is 4.42 Å². The van der Waals surface area contributed by atoms with E-state index < -0.39 is 0 Å². The lowest BCUT2D eigenvalue weighted by Gasteiger charge is -1.84. The summed E-state index contributed by atoms with van der Waals surface area (Å²) in [5.41, 5.74) is 0.674. The van der Waals surface area contributed by atoms with E-state index in [-0.39, 0.29) is 0 Å². The third-order valence-corrected chi connectivity index (χ3v) is 1.85. The van der Waals surface area contributed by atoms with Crippen molar-refractivity contribution in [2.75, 3.05) is 0 Å². The summed E-state index contributed by atoms with van der Waals surface area (Å²) in [6.07, 6.45) is 1.27. The summed E-state index contributed by atoms with van der Waals surface area (Å²) in [5, 5.41) is 11.1. The molecule has 0 fully saturated rings. The average Bonchev–Trinajstić information content (AvgIpc) is 2.55. The predicted octanol–water partition coefficient (Wildman–Crippen LogP) is 0.897. The SMILES string of the molecule is Cc1snnc1-c1nnco1. The summed E-state index contributed by atoms with van der Waals surface area (Å²) in [5.74, 6) is 0.427. The summed E-state index contributed by atoms with van der Waals surface area (Å²) in [4.78, 5) is 0.981. The Hall–Kier alpha value is -1.30. The van der Waals surface area contributed by atoms with E-state index in [1.807, 2.05) is 6.92 Å². The number of rotatable bonds is 1. The number of aromatic nitrogens is 4. The molecule has 0 radical (unpaired) electrons. The van der Waals surface area contributed by atoms with Crippen molar-refractivity contribution in [1.82, 2.24) is 19.8 Å². The molecular formula is C5H4N4OS. The molecule has 2 rings (SSSR count). The smallest absolute Gasteiger partial charge is 0.269 e. The highest BCUT2D eigenvalue weighted by molar-refractivity contribution is 7.05. The molecule has 0 unspecified atom stereocenters. The highest BCUT2D eigenvalue weighted by Crippen LogP contribution is 2.19. The zero-order valence-corrected chi connectivity index (χ0v) is 6.50. The summed E-state index contributed by atoms with van der Waals surface area (Å²) in [6, 6.07) is 0. The Labute approximate surface area is 66.2 Å². The molecule has 2 heterocycles. The molecule has 0 aliphatic rings. The molecule has 0 saturated heterocycles. The third-order valence-electron chi connectivity index (χ3n) is 1.21. The van der Waals surface area contributed by atoms with Gasteiger partial charge in [0.2, 0.25) is 6.39 Å². The topological polar surface area (TPSA) is 64.7 Å². The zero-order valence-electron chi connectivity index (χ0n) is 5.68. The van der Waals surface area contributed by atoms with Crippen LogP contribution < -0.4 is 0 Å². The predicted molar refractivity (Wildman–Crippen MR) is 37.9 cm³/mol. The highest BCUT2D eigenvalue weighted by Gasteiger charge is 2.10. The van der Waals surface area contributed by atoms with Crippen LogP contribution in [0.15, 0.2) is 10.8 Å². The normalized spacial score (nSPS) is 10.3. The summed E-state index contributed by atoms with van der Waals surface area (Å²) in [6.45, 7) is 1.91. The van der Waals surface area contributed by atoms with Crippen molar-refractivity contribution in [3.8, 4) is 11.6 Å². The summed E-state index contributed by atoms with van der Waals surface area (Å²) in [7, 11) is 0. The Kier molecular flexibility index (Phi) is 1.39. The number of nitrogens with zero attached hydrogens (tertiary/aromatic N) is 4. The first-order valence-corrected chi connectivity index (χ1v) is 3.71. The molecular weight excluding hydrogens is 164 g/mol. The van der Waals surface area contributed by atoms with Gasteiger partial charge in [-0.3, -0.25) is 0 Å². The van der Waals surface area contributed by atoms with Gasteiger partial charge >= 0.3 is 0 Å². The molecule has 56 valence electrons. The van der Waals surface area contributed by atoms with Gasteiger partial charge in [-0.2, -0.15) is 0 Å². The fourth-order valence-electron chi connectivity index (χ4n) is 0.706. The lowest BCUT2D eigenvalue weighted by Crippen LogP contribution is -1.80. The maximum atomic E-state index is 4.94. The van der Waals surface area contributed by atoms with Crippen LogP contribution in [-0.4, -0.2) is 19.8 Å². The van der Waals surface area contributed by atoms with Crippen LogP contribution in [0.3, 0.4) is 0 Å². The molecule has 2 aromatic heterocycles. The van der Waals surface area contributed by atoms with Crippen LogP contribution in [0.1, 0.15) is 4.88 Å². The van der Waals surface area contributed by atoms with Crippen molar-refractivity contribution in [1.29, 1.82) is 0 Å². The van der Waals surface area contributed by atoms with E-state index in [0.717, 1.165) is 4.88 Å². The number of aryl methyl sites for hydroxylation is 1. The Morgan fingerprint density at radius 2 is 2.36 bits per heavy atom. The fourth-order valence-corrected chi connectivity index (χ4v) is 1.17. The first-order chi connectivity index (χ1) is 5.38. The molecule has 0 aromatic carbocycles. The van der Waals surface area contributed by atoms with Crippen molar-refractivity contribution in [2.24, 2.45) is 0 Å². The first-order valence-electron chi connectivity index (χ1n) is 2.93. The molecule has 0 amide bonds. The van der Waals surface area contributed by atoms with E-state index in [1.54, 1.807) is 0 Å². The molecule has 0 spiro atoms. The molecule has 5 nitrogen and oxygen atoms in total. The Morgan fingerprint density at radius 1 is 1.45 bits per heavy atom. The van der Waals surface area contributed by atoms with E-state index in [0.29, 0.717) is 11.6 Å².